The molecule has 0 bridgehead atoms. The van der Waals surface area contributed by atoms with Gasteiger partial charge in [0.2, 0.25) is 0 Å². The van der Waals surface area contributed by atoms with Crippen molar-refractivity contribution in [1.82, 2.24) is 4.57 Å². The Morgan fingerprint density at radius 1 is 0.550 bits per heavy atom. The Balaban J connectivity index is 1.07. The van der Waals surface area contributed by atoms with Crippen molar-refractivity contribution in [2.75, 3.05) is 4.90 Å². The fraction of sp³-hybridized carbons (Fsp3) is 0.0370. The molecule has 2 heterocycles. The molecule has 0 spiro atoms. The summed E-state index contributed by atoms with van der Waals surface area (Å²) in [5.41, 5.74) is 15.3. The van der Waals surface area contributed by atoms with E-state index in [9.17, 15) is 0 Å². The summed E-state index contributed by atoms with van der Waals surface area (Å²) < 4.78 is 2.39. The lowest BCUT2D eigenvalue weighted by Crippen LogP contribution is -2.21. The van der Waals surface area contributed by atoms with Crippen LogP contribution in [0, 0.1) is 0 Å². The van der Waals surface area contributed by atoms with Gasteiger partial charge in [0.1, 0.15) is 0 Å². The maximum absolute atomic E-state index is 5.02. The van der Waals surface area contributed by atoms with Gasteiger partial charge in [-0.3, -0.25) is 9.98 Å². The maximum Gasteiger partial charge on any atom is 0.161 e. The average Bonchev–Trinajstić information content (AvgIpc) is 3.66. The molecule has 6 heteroatoms. The van der Waals surface area contributed by atoms with Crippen LogP contribution in [0.4, 0.5) is 17.1 Å². The Bertz CT molecular complexity index is 3120. The molecule has 1 aromatic heterocycles. The Morgan fingerprint density at radius 3 is 2.08 bits per heavy atom. The van der Waals surface area contributed by atoms with Crippen LogP contribution < -0.4 is 4.90 Å². The predicted octanol–water partition coefficient (Wildman–Crippen LogP) is 13.2. The Morgan fingerprint density at radius 2 is 1.27 bits per heavy atom. The van der Waals surface area contributed by atoms with Gasteiger partial charge in [-0.15, -0.1) is 0 Å². The third kappa shape index (κ3) is 6.60. The van der Waals surface area contributed by atoms with E-state index in [2.05, 4.69) is 166 Å². The number of benzene rings is 8. The summed E-state index contributed by atoms with van der Waals surface area (Å²) in [7, 11) is 0. The zero-order valence-corrected chi connectivity index (χ0v) is 33.0. The summed E-state index contributed by atoms with van der Waals surface area (Å²) in [5.74, 6) is 1.13. The molecule has 0 unspecified atom stereocenters. The second-order valence-electron chi connectivity index (χ2n) is 14.8. The van der Waals surface area contributed by atoms with Gasteiger partial charge < -0.3 is 9.47 Å². The Kier molecular flexibility index (Phi) is 9.56. The van der Waals surface area contributed by atoms with Crippen LogP contribution in [-0.2, 0) is 13.1 Å². The molecule has 0 saturated heterocycles. The van der Waals surface area contributed by atoms with Crippen molar-refractivity contribution in [2.24, 2.45) is 20.0 Å². The van der Waals surface area contributed by atoms with Gasteiger partial charge in [-0.05, 0) is 89.8 Å². The van der Waals surface area contributed by atoms with E-state index >= 15 is 0 Å². The van der Waals surface area contributed by atoms with Crippen molar-refractivity contribution in [3.63, 3.8) is 0 Å². The fourth-order valence-electron chi connectivity index (χ4n) is 8.48. The molecule has 6 nitrogen and oxygen atoms in total. The molecule has 0 atom stereocenters. The predicted molar refractivity (Wildman–Crippen MR) is 252 cm³/mol. The number of para-hydroxylation sites is 3. The van der Waals surface area contributed by atoms with E-state index in [1.54, 1.807) is 0 Å². The minimum atomic E-state index is 0.489. The number of hydrogen-bond acceptors (Lipinski definition) is 3. The highest BCUT2D eigenvalue weighted by Crippen LogP contribution is 2.50. The molecule has 0 radical (unpaired) electrons. The van der Waals surface area contributed by atoms with Crippen molar-refractivity contribution in [3.8, 4) is 27.9 Å². The van der Waals surface area contributed by atoms with Gasteiger partial charge in [-0.2, -0.15) is 0 Å². The summed E-state index contributed by atoms with van der Waals surface area (Å²) >= 11 is 0. The van der Waals surface area contributed by atoms with Crippen molar-refractivity contribution in [3.05, 3.63) is 216 Å². The van der Waals surface area contributed by atoms with E-state index in [0.717, 1.165) is 68.1 Å². The number of rotatable bonds is 8. The van der Waals surface area contributed by atoms with Crippen LogP contribution in [0.2, 0.25) is 0 Å². The highest BCUT2D eigenvalue weighted by Gasteiger charge is 2.28. The molecule has 0 N–H and O–H groups in total. The molecular formula is C54H40N6. The van der Waals surface area contributed by atoms with Crippen LogP contribution in [0.3, 0.4) is 0 Å². The molecule has 0 fully saturated rings. The zero-order valence-electron chi connectivity index (χ0n) is 33.0. The first-order valence-corrected chi connectivity index (χ1v) is 20.1. The normalized spacial score (nSPS) is 12.6. The summed E-state index contributed by atoms with van der Waals surface area (Å²) in [6.07, 6.45) is 0. The first kappa shape index (κ1) is 36.4. The molecule has 1 aliphatic rings. The molecule has 0 aliphatic carbocycles. The summed E-state index contributed by atoms with van der Waals surface area (Å²) in [6.45, 7) is 8.97. The maximum atomic E-state index is 5.02. The Labute approximate surface area is 349 Å². The first-order chi connectivity index (χ1) is 29.7. The van der Waals surface area contributed by atoms with Crippen molar-refractivity contribution in [1.29, 1.82) is 0 Å². The first-order valence-electron chi connectivity index (χ1n) is 20.1. The standard InChI is InChI=1S/C54H40N6/c1-55-46-25-12-14-27-48(46)59-36-42-20-9-10-23-44(42)51-49(59)32-33-50-52(51)45-24-11-13-26-47(45)60(50)43-30-28-38(29-31-43)40-21-15-22-41(34-40)54(57-35-37-16-5-3-6-17-37)58-53(56-2)39-18-7-4-8-19-39/h3-34H,1-2,35-36H2. The number of hydrogen-bond donors (Lipinski definition) is 0. The van der Waals surface area contributed by atoms with E-state index in [1.165, 1.54) is 27.5 Å². The molecule has 0 amide bonds. The zero-order chi connectivity index (χ0) is 40.4. The molecule has 1 aliphatic heterocycles. The third-order valence-corrected chi connectivity index (χ3v) is 11.3. The van der Waals surface area contributed by atoms with Crippen molar-refractivity contribution < 1.29 is 0 Å². The van der Waals surface area contributed by atoms with E-state index in [-0.39, 0.29) is 0 Å². The number of aromatic nitrogens is 1. The second-order valence-corrected chi connectivity index (χ2v) is 14.8. The van der Waals surface area contributed by atoms with Gasteiger partial charge in [0, 0.05) is 39.7 Å². The summed E-state index contributed by atoms with van der Waals surface area (Å²) in [6, 6.07) is 67.7. The number of amidine groups is 2. The molecular weight excluding hydrogens is 733 g/mol. The van der Waals surface area contributed by atoms with E-state index < -0.39 is 0 Å². The molecule has 0 saturated carbocycles. The number of anilines is 2. The quantitative estimate of drug-likeness (QED) is 0.112. The number of fused-ring (bicyclic) bond motifs is 7. The fourth-order valence-corrected chi connectivity index (χ4v) is 8.48. The van der Waals surface area contributed by atoms with Crippen LogP contribution in [0.15, 0.2) is 214 Å². The monoisotopic (exact) mass is 772 g/mol. The minimum Gasteiger partial charge on any atom is -0.335 e. The minimum absolute atomic E-state index is 0.489. The smallest absolute Gasteiger partial charge is 0.161 e. The van der Waals surface area contributed by atoms with Gasteiger partial charge in [0.15, 0.2) is 11.7 Å². The van der Waals surface area contributed by atoms with Gasteiger partial charge in [-0.1, -0.05) is 146 Å². The van der Waals surface area contributed by atoms with E-state index in [1.807, 2.05) is 60.7 Å². The van der Waals surface area contributed by atoms with E-state index in [4.69, 9.17) is 9.98 Å². The van der Waals surface area contributed by atoms with Gasteiger partial charge in [0.05, 0.1) is 34.6 Å². The van der Waals surface area contributed by atoms with Crippen LogP contribution >= 0.6 is 0 Å². The lowest BCUT2D eigenvalue weighted by Gasteiger charge is -2.34. The molecule has 60 heavy (non-hydrogen) atoms. The molecule has 286 valence electrons. The SMILES string of the molecule is C=NC(=NC(=NCc1ccccc1)c1cccc(-c2ccc(-n3c4ccccc4c4c5c(ccc43)N(c3ccccc3N=C)Cc3ccccc3-5)cc2)c1)c1ccccc1. The van der Waals surface area contributed by atoms with Gasteiger partial charge in [-0.25, -0.2) is 9.98 Å². The highest BCUT2D eigenvalue weighted by molar-refractivity contribution is 6.19. The summed E-state index contributed by atoms with van der Waals surface area (Å²) in [5, 5.41) is 2.44. The molecule has 9 aromatic rings. The largest absolute Gasteiger partial charge is 0.335 e. The number of nitrogens with zero attached hydrogens (tertiary/aromatic N) is 6. The van der Waals surface area contributed by atoms with Crippen LogP contribution in [0.5, 0.6) is 0 Å². The topological polar surface area (TPSA) is 57.6 Å². The van der Waals surface area contributed by atoms with Crippen LogP contribution in [0.25, 0.3) is 49.7 Å². The second kappa shape index (κ2) is 15.8. The van der Waals surface area contributed by atoms with Crippen LogP contribution in [0.1, 0.15) is 22.3 Å². The Hall–Kier alpha value is -7.96. The number of aliphatic imine (C=N–C) groups is 4. The molecule has 8 aromatic carbocycles. The van der Waals surface area contributed by atoms with Crippen LogP contribution in [-0.4, -0.2) is 29.7 Å². The lowest BCUT2D eigenvalue weighted by atomic mass is 9.89. The van der Waals surface area contributed by atoms with Crippen molar-refractivity contribution >= 4 is 64.0 Å². The average molecular weight is 773 g/mol. The van der Waals surface area contributed by atoms with E-state index in [0.29, 0.717) is 18.2 Å². The lowest BCUT2D eigenvalue weighted by molar-refractivity contribution is 0.963. The molecule has 10 rings (SSSR count). The third-order valence-electron chi connectivity index (χ3n) is 11.3. The van der Waals surface area contributed by atoms with Crippen molar-refractivity contribution in [2.45, 2.75) is 13.1 Å². The highest BCUT2D eigenvalue weighted by atomic mass is 15.2. The van der Waals surface area contributed by atoms with Gasteiger partial charge >= 0.3 is 0 Å². The summed E-state index contributed by atoms with van der Waals surface area (Å²) in [4.78, 5) is 21.1. The van der Waals surface area contributed by atoms with Gasteiger partial charge in [0.25, 0.3) is 0 Å².